The summed E-state index contributed by atoms with van der Waals surface area (Å²) in [4.78, 5) is 5.20. The Bertz CT molecular complexity index is 197. The van der Waals surface area contributed by atoms with Gasteiger partial charge < -0.3 is 15.5 Å². The number of nitrogens with zero attached hydrogens (tertiary/aromatic N) is 2. The van der Waals surface area contributed by atoms with Crippen LogP contribution >= 0.6 is 0 Å². The average Bonchev–Trinajstić information content (AvgIpc) is 2.31. The second-order valence-corrected chi connectivity index (χ2v) is 5.61. The summed E-state index contributed by atoms with van der Waals surface area (Å²) in [6, 6.07) is 0.858. The van der Waals surface area contributed by atoms with Crippen molar-refractivity contribution >= 4 is 0 Å². The van der Waals surface area contributed by atoms with Gasteiger partial charge in [-0.3, -0.25) is 0 Å². The van der Waals surface area contributed by atoms with Crippen molar-refractivity contribution in [1.29, 1.82) is 0 Å². The molecule has 3 nitrogen and oxygen atoms in total. The van der Waals surface area contributed by atoms with E-state index in [2.05, 4.69) is 16.8 Å². The first-order chi connectivity index (χ1) is 7.79. The fraction of sp³-hybridized carbons (Fsp3) is 1.00. The number of piperidine rings is 2. The predicted octanol–water partition coefficient (Wildman–Crippen LogP) is 1.14. The maximum absolute atomic E-state index is 5.68. The van der Waals surface area contributed by atoms with E-state index in [1.165, 1.54) is 58.3 Å². The Morgan fingerprint density at radius 3 is 2.56 bits per heavy atom. The first-order valence-electron chi connectivity index (χ1n) is 6.92. The van der Waals surface area contributed by atoms with Crippen LogP contribution in [-0.4, -0.2) is 55.6 Å². The third-order valence-corrected chi connectivity index (χ3v) is 4.33. The van der Waals surface area contributed by atoms with Gasteiger partial charge in [0.25, 0.3) is 0 Å². The summed E-state index contributed by atoms with van der Waals surface area (Å²) in [5.74, 6) is 0.874. The Kier molecular flexibility index (Phi) is 4.62. The molecule has 2 N–H and O–H groups in total. The molecule has 16 heavy (non-hydrogen) atoms. The smallest absolute Gasteiger partial charge is 0.0120 e. The van der Waals surface area contributed by atoms with Crippen molar-refractivity contribution in [3.05, 3.63) is 0 Å². The Hall–Kier alpha value is -0.120. The van der Waals surface area contributed by atoms with Crippen LogP contribution in [0.3, 0.4) is 0 Å². The molecule has 2 rings (SSSR count). The Morgan fingerprint density at radius 2 is 1.88 bits per heavy atom. The predicted molar refractivity (Wildman–Crippen MR) is 68.5 cm³/mol. The van der Waals surface area contributed by atoms with Crippen LogP contribution in [0.2, 0.25) is 0 Å². The SMILES string of the molecule is CN1CCC(N2CCCC(CCN)C2)CC1. The van der Waals surface area contributed by atoms with Gasteiger partial charge in [-0.25, -0.2) is 0 Å². The Morgan fingerprint density at radius 1 is 1.12 bits per heavy atom. The Labute approximate surface area is 100.0 Å². The monoisotopic (exact) mass is 225 g/mol. The highest BCUT2D eigenvalue weighted by Crippen LogP contribution is 2.24. The highest BCUT2D eigenvalue weighted by atomic mass is 15.2. The molecule has 2 saturated heterocycles. The summed E-state index contributed by atoms with van der Waals surface area (Å²) in [6.07, 6.45) is 6.75. The zero-order chi connectivity index (χ0) is 11.4. The maximum atomic E-state index is 5.68. The van der Waals surface area contributed by atoms with Crippen LogP contribution in [0.15, 0.2) is 0 Å². The summed E-state index contributed by atoms with van der Waals surface area (Å²) in [5.41, 5.74) is 5.68. The zero-order valence-electron chi connectivity index (χ0n) is 10.7. The molecular formula is C13H27N3. The molecule has 0 radical (unpaired) electrons. The molecule has 0 aromatic rings. The topological polar surface area (TPSA) is 32.5 Å². The lowest BCUT2D eigenvalue weighted by Gasteiger charge is -2.41. The van der Waals surface area contributed by atoms with Crippen molar-refractivity contribution in [3.63, 3.8) is 0 Å². The van der Waals surface area contributed by atoms with E-state index in [9.17, 15) is 0 Å². The number of likely N-dealkylation sites (tertiary alicyclic amines) is 2. The second-order valence-electron chi connectivity index (χ2n) is 5.61. The molecule has 0 bridgehead atoms. The highest BCUT2D eigenvalue weighted by Gasteiger charge is 2.27. The normalized spacial score (nSPS) is 30.8. The van der Waals surface area contributed by atoms with Crippen LogP contribution in [0.1, 0.15) is 32.1 Å². The third kappa shape index (κ3) is 3.19. The van der Waals surface area contributed by atoms with Gasteiger partial charge in [-0.1, -0.05) is 0 Å². The number of hydrogen-bond donors (Lipinski definition) is 1. The molecule has 0 aromatic heterocycles. The van der Waals surface area contributed by atoms with Crippen LogP contribution in [0.25, 0.3) is 0 Å². The molecule has 2 heterocycles. The molecule has 94 valence electrons. The Balaban J connectivity index is 1.80. The number of rotatable bonds is 3. The van der Waals surface area contributed by atoms with Crippen molar-refractivity contribution in [2.45, 2.75) is 38.1 Å². The summed E-state index contributed by atoms with van der Waals surface area (Å²) < 4.78 is 0. The summed E-state index contributed by atoms with van der Waals surface area (Å²) >= 11 is 0. The van der Waals surface area contributed by atoms with Crippen molar-refractivity contribution < 1.29 is 0 Å². The molecule has 0 aromatic carbocycles. The van der Waals surface area contributed by atoms with E-state index in [0.717, 1.165) is 18.5 Å². The second kappa shape index (κ2) is 5.99. The van der Waals surface area contributed by atoms with E-state index in [4.69, 9.17) is 5.73 Å². The van der Waals surface area contributed by atoms with Gasteiger partial charge in [0, 0.05) is 12.6 Å². The third-order valence-electron chi connectivity index (χ3n) is 4.33. The van der Waals surface area contributed by atoms with E-state index < -0.39 is 0 Å². The molecule has 3 heteroatoms. The fourth-order valence-electron chi connectivity index (χ4n) is 3.26. The van der Waals surface area contributed by atoms with Gasteiger partial charge in [0.05, 0.1) is 0 Å². The van der Waals surface area contributed by atoms with Crippen molar-refractivity contribution in [2.24, 2.45) is 11.7 Å². The molecular weight excluding hydrogens is 198 g/mol. The van der Waals surface area contributed by atoms with Gasteiger partial charge in [-0.05, 0) is 71.2 Å². The van der Waals surface area contributed by atoms with Gasteiger partial charge in [0.2, 0.25) is 0 Å². The maximum Gasteiger partial charge on any atom is 0.0120 e. The van der Waals surface area contributed by atoms with E-state index in [-0.39, 0.29) is 0 Å². The number of nitrogens with two attached hydrogens (primary N) is 1. The summed E-state index contributed by atoms with van der Waals surface area (Å²) in [5, 5.41) is 0. The quantitative estimate of drug-likeness (QED) is 0.782. The molecule has 2 aliphatic rings. The van der Waals surface area contributed by atoms with Crippen LogP contribution in [0.5, 0.6) is 0 Å². The molecule has 1 atom stereocenters. The van der Waals surface area contributed by atoms with E-state index in [1.54, 1.807) is 0 Å². The molecule has 1 unspecified atom stereocenters. The average molecular weight is 225 g/mol. The summed E-state index contributed by atoms with van der Waals surface area (Å²) in [6.45, 7) is 6.07. The number of hydrogen-bond acceptors (Lipinski definition) is 3. The summed E-state index contributed by atoms with van der Waals surface area (Å²) in [7, 11) is 2.24. The van der Waals surface area contributed by atoms with Crippen LogP contribution in [0, 0.1) is 5.92 Å². The minimum absolute atomic E-state index is 0.858. The zero-order valence-corrected chi connectivity index (χ0v) is 10.7. The van der Waals surface area contributed by atoms with Gasteiger partial charge in [0.1, 0.15) is 0 Å². The molecule has 0 aliphatic carbocycles. The first kappa shape index (κ1) is 12.3. The molecule has 2 aliphatic heterocycles. The highest BCUT2D eigenvalue weighted by molar-refractivity contribution is 4.83. The molecule has 0 amide bonds. The van der Waals surface area contributed by atoms with E-state index in [0.29, 0.717) is 0 Å². The van der Waals surface area contributed by atoms with Gasteiger partial charge in [0.15, 0.2) is 0 Å². The molecule has 0 spiro atoms. The van der Waals surface area contributed by atoms with Crippen LogP contribution in [0.4, 0.5) is 0 Å². The minimum atomic E-state index is 0.858. The lowest BCUT2D eigenvalue weighted by Crippen LogP contribution is -2.47. The van der Waals surface area contributed by atoms with Crippen LogP contribution in [-0.2, 0) is 0 Å². The van der Waals surface area contributed by atoms with Crippen LogP contribution < -0.4 is 5.73 Å². The first-order valence-corrected chi connectivity index (χ1v) is 6.92. The van der Waals surface area contributed by atoms with Gasteiger partial charge >= 0.3 is 0 Å². The van der Waals surface area contributed by atoms with E-state index >= 15 is 0 Å². The lowest BCUT2D eigenvalue weighted by atomic mass is 9.92. The largest absolute Gasteiger partial charge is 0.330 e. The lowest BCUT2D eigenvalue weighted by molar-refractivity contribution is 0.0771. The van der Waals surface area contributed by atoms with Crippen molar-refractivity contribution in [1.82, 2.24) is 9.80 Å². The van der Waals surface area contributed by atoms with Gasteiger partial charge in [-0.2, -0.15) is 0 Å². The van der Waals surface area contributed by atoms with Gasteiger partial charge in [-0.15, -0.1) is 0 Å². The minimum Gasteiger partial charge on any atom is -0.330 e. The standard InChI is InChI=1S/C13H27N3/c1-15-9-5-13(6-10-15)16-8-2-3-12(11-16)4-7-14/h12-13H,2-11,14H2,1H3. The molecule has 0 saturated carbocycles. The molecule has 2 fully saturated rings. The van der Waals surface area contributed by atoms with Crippen molar-refractivity contribution in [3.8, 4) is 0 Å². The van der Waals surface area contributed by atoms with E-state index in [1.807, 2.05) is 0 Å². The fourth-order valence-corrected chi connectivity index (χ4v) is 3.26. The van der Waals surface area contributed by atoms with Crippen molar-refractivity contribution in [2.75, 3.05) is 39.8 Å².